The van der Waals surface area contributed by atoms with Crippen LogP contribution >= 0.6 is 11.3 Å². The fourth-order valence-electron chi connectivity index (χ4n) is 2.67. The number of aromatic nitrogens is 1. The molecule has 2 aromatic carbocycles. The summed E-state index contributed by atoms with van der Waals surface area (Å²) in [5.41, 5.74) is 5.91. The van der Waals surface area contributed by atoms with Gasteiger partial charge in [-0.15, -0.1) is 11.3 Å². The number of hydrazone groups is 1. The van der Waals surface area contributed by atoms with Gasteiger partial charge in [-0.25, -0.2) is 10.4 Å². The zero-order valence-electron chi connectivity index (χ0n) is 14.7. The highest BCUT2D eigenvalue weighted by molar-refractivity contribution is 7.10. The molecule has 0 radical (unpaired) electrons. The third-order valence-corrected chi connectivity index (χ3v) is 4.91. The van der Waals surface area contributed by atoms with Crippen molar-refractivity contribution < 1.29 is 9.21 Å². The van der Waals surface area contributed by atoms with Crippen molar-refractivity contribution in [2.45, 2.75) is 13.3 Å². The fraction of sp³-hybridized carbons (Fsp3) is 0.0952. The second-order valence-electron chi connectivity index (χ2n) is 6.05. The Morgan fingerprint density at radius 2 is 1.93 bits per heavy atom. The molecule has 0 saturated heterocycles. The molecular formula is C21H17N3O2S. The van der Waals surface area contributed by atoms with Gasteiger partial charge in [0.2, 0.25) is 5.91 Å². The van der Waals surface area contributed by atoms with Gasteiger partial charge in [-0.1, -0.05) is 48.5 Å². The largest absolute Gasteiger partial charge is 0.455 e. The van der Waals surface area contributed by atoms with Crippen molar-refractivity contribution in [3.63, 3.8) is 0 Å². The zero-order valence-corrected chi connectivity index (χ0v) is 15.5. The molecule has 1 amide bonds. The van der Waals surface area contributed by atoms with E-state index in [1.54, 1.807) is 6.92 Å². The van der Waals surface area contributed by atoms with E-state index in [2.05, 4.69) is 15.5 Å². The molecule has 4 aromatic rings. The topological polar surface area (TPSA) is 67.5 Å². The Morgan fingerprint density at radius 1 is 1.15 bits per heavy atom. The maximum absolute atomic E-state index is 12.2. The number of furan rings is 1. The van der Waals surface area contributed by atoms with Crippen LogP contribution in [0.25, 0.3) is 22.2 Å². The molecule has 0 bridgehead atoms. The van der Waals surface area contributed by atoms with Gasteiger partial charge in [0.1, 0.15) is 16.3 Å². The van der Waals surface area contributed by atoms with Crippen LogP contribution in [0.5, 0.6) is 0 Å². The zero-order chi connectivity index (χ0) is 18.6. The highest BCUT2D eigenvalue weighted by Crippen LogP contribution is 2.22. The molecule has 134 valence electrons. The van der Waals surface area contributed by atoms with Gasteiger partial charge in [-0.05, 0) is 19.1 Å². The summed E-state index contributed by atoms with van der Waals surface area (Å²) in [5, 5.41) is 7.87. The molecule has 1 N–H and O–H groups in total. The Bertz CT molecular complexity index is 1080. The molecule has 0 unspecified atom stereocenters. The lowest BCUT2D eigenvalue weighted by molar-refractivity contribution is -0.120. The van der Waals surface area contributed by atoms with Crippen LogP contribution in [0.2, 0.25) is 0 Å². The fourth-order valence-corrected chi connectivity index (χ4v) is 3.47. The summed E-state index contributed by atoms with van der Waals surface area (Å²) in [5.74, 6) is 0.427. The Morgan fingerprint density at radius 3 is 2.74 bits per heavy atom. The standard InChI is InChI=1S/C21H17N3O2S/c1-14(19-11-16-9-5-6-10-18(16)26-19)23-24-20(25)12-21-22-17(13-27-21)15-7-3-2-4-8-15/h2-11,13H,12H2,1H3,(H,24,25)/b23-14-. The number of carbonyl (C=O) groups excluding carboxylic acids is 1. The van der Waals surface area contributed by atoms with Crippen molar-refractivity contribution in [3.8, 4) is 11.3 Å². The maximum atomic E-state index is 12.2. The Hall–Kier alpha value is -3.25. The number of rotatable bonds is 5. The maximum Gasteiger partial charge on any atom is 0.246 e. The summed E-state index contributed by atoms with van der Waals surface area (Å²) >= 11 is 1.47. The van der Waals surface area contributed by atoms with Gasteiger partial charge in [0.15, 0.2) is 5.76 Å². The van der Waals surface area contributed by atoms with E-state index >= 15 is 0 Å². The van der Waals surface area contributed by atoms with Gasteiger partial charge in [-0.2, -0.15) is 5.10 Å². The molecule has 5 nitrogen and oxygen atoms in total. The highest BCUT2D eigenvalue weighted by atomic mass is 32.1. The number of benzene rings is 2. The summed E-state index contributed by atoms with van der Waals surface area (Å²) in [6, 6.07) is 19.6. The summed E-state index contributed by atoms with van der Waals surface area (Å²) in [7, 11) is 0. The predicted molar refractivity (Wildman–Crippen MR) is 108 cm³/mol. The third-order valence-electron chi connectivity index (χ3n) is 4.06. The van der Waals surface area contributed by atoms with E-state index in [1.165, 1.54) is 11.3 Å². The molecule has 0 saturated carbocycles. The number of amides is 1. The lowest BCUT2D eigenvalue weighted by Gasteiger charge is -1.99. The van der Waals surface area contributed by atoms with Crippen molar-refractivity contribution >= 4 is 33.9 Å². The Kier molecular flexibility index (Phi) is 4.80. The monoisotopic (exact) mass is 375 g/mol. The molecule has 27 heavy (non-hydrogen) atoms. The first-order valence-corrected chi connectivity index (χ1v) is 9.39. The van der Waals surface area contributed by atoms with Crippen LogP contribution in [0.15, 0.2) is 75.6 Å². The minimum absolute atomic E-state index is 0.189. The molecule has 0 atom stereocenters. The SMILES string of the molecule is C/C(=N/NC(=O)Cc1nc(-c2ccccc2)cs1)c1cc2ccccc2o1. The number of para-hydroxylation sites is 1. The normalized spacial score (nSPS) is 11.7. The molecule has 0 aliphatic rings. The Labute approximate surface area is 160 Å². The lowest BCUT2D eigenvalue weighted by atomic mass is 10.2. The van der Waals surface area contributed by atoms with Gasteiger partial charge in [-0.3, -0.25) is 4.79 Å². The highest BCUT2D eigenvalue weighted by Gasteiger charge is 2.10. The molecule has 0 aliphatic carbocycles. The molecule has 0 fully saturated rings. The van der Waals surface area contributed by atoms with Crippen LogP contribution in [0.3, 0.4) is 0 Å². The number of carbonyl (C=O) groups is 1. The number of thiazole rings is 1. The summed E-state index contributed by atoms with van der Waals surface area (Å²) in [6.45, 7) is 1.80. The van der Waals surface area contributed by atoms with Crippen molar-refractivity contribution in [2.24, 2.45) is 5.10 Å². The first-order valence-electron chi connectivity index (χ1n) is 8.51. The van der Waals surface area contributed by atoms with Gasteiger partial charge in [0.25, 0.3) is 0 Å². The van der Waals surface area contributed by atoms with Crippen LogP contribution in [0, 0.1) is 0 Å². The Balaban J connectivity index is 1.40. The van der Waals surface area contributed by atoms with E-state index in [0.29, 0.717) is 11.5 Å². The van der Waals surface area contributed by atoms with E-state index in [-0.39, 0.29) is 12.3 Å². The molecule has 0 aliphatic heterocycles. The van der Waals surface area contributed by atoms with Crippen LogP contribution in [-0.2, 0) is 11.2 Å². The van der Waals surface area contributed by atoms with E-state index < -0.39 is 0 Å². The second-order valence-corrected chi connectivity index (χ2v) is 6.99. The molecule has 2 heterocycles. The number of hydrogen-bond donors (Lipinski definition) is 1. The third kappa shape index (κ3) is 3.96. The molecule has 4 rings (SSSR count). The predicted octanol–water partition coefficient (Wildman–Crippen LogP) is 4.64. The van der Waals surface area contributed by atoms with Crippen molar-refractivity contribution in [3.05, 3.63) is 76.8 Å². The van der Waals surface area contributed by atoms with E-state index in [9.17, 15) is 4.79 Å². The van der Waals surface area contributed by atoms with Crippen LogP contribution in [-0.4, -0.2) is 16.6 Å². The summed E-state index contributed by atoms with van der Waals surface area (Å²) in [6.07, 6.45) is 0.189. The van der Waals surface area contributed by atoms with Crippen LogP contribution in [0.1, 0.15) is 17.7 Å². The van der Waals surface area contributed by atoms with Crippen molar-refractivity contribution in [2.75, 3.05) is 0 Å². The first-order chi connectivity index (χ1) is 13.2. The first kappa shape index (κ1) is 17.2. The molecular weight excluding hydrogens is 358 g/mol. The lowest BCUT2D eigenvalue weighted by Crippen LogP contribution is -2.21. The second kappa shape index (κ2) is 7.55. The summed E-state index contributed by atoms with van der Waals surface area (Å²) < 4.78 is 5.74. The molecule has 6 heteroatoms. The van der Waals surface area contributed by atoms with Crippen molar-refractivity contribution in [1.82, 2.24) is 10.4 Å². The van der Waals surface area contributed by atoms with E-state index in [4.69, 9.17) is 4.42 Å². The molecule has 2 aromatic heterocycles. The minimum Gasteiger partial charge on any atom is -0.455 e. The average Bonchev–Trinajstić information content (AvgIpc) is 3.33. The number of nitrogens with one attached hydrogen (secondary N) is 1. The van der Waals surface area contributed by atoms with Crippen LogP contribution in [0.4, 0.5) is 0 Å². The van der Waals surface area contributed by atoms with Gasteiger partial charge in [0, 0.05) is 16.3 Å². The van der Waals surface area contributed by atoms with Crippen molar-refractivity contribution in [1.29, 1.82) is 0 Å². The average molecular weight is 375 g/mol. The van der Waals surface area contributed by atoms with Gasteiger partial charge >= 0.3 is 0 Å². The van der Waals surface area contributed by atoms with E-state index in [1.807, 2.05) is 66.0 Å². The van der Waals surface area contributed by atoms with Gasteiger partial charge in [0.05, 0.1) is 12.1 Å². The molecule has 0 spiro atoms. The summed E-state index contributed by atoms with van der Waals surface area (Å²) in [4.78, 5) is 16.7. The number of nitrogens with zero attached hydrogens (tertiary/aromatic N) is 2. The minimum atomic E-state index is -0.209. The quantitative estimate of drug-likeness (QED) is 0.408. The van der Waals surface area contributed by atoms with E-state index in [0.717, 1.165) is 27.2 Å². The smallest absolute Gasteiger partial charge is 0.246 e. The van der Waals surface area contributed by atoms with Gasteiger partial charge < -0.3 is 4.42 Å². The number of fused-ring (bicyclic) bond motifs is 1. The number of hydrogen-bond acceptors (Lipinski definition) is 5. The van der Waals surface area contributed by atoms with Crippen LogP contribution < -0.4 is 5.43 Å².